The lowest BCUT2D eigenvalue weighted by molar-refractivity contribution is -0.192. The Morgan fingerprint density at radius 3 is 2.25 bits per heavy atom. The number of nitrogens with zero attached hydrogens (tertiary/aromatic N) is 4. The molecular weight excluding hydrogens is 473 g/mol. The van der Waals surface area contributed by atoms with E-state index in [4.69, 9.17) is 24.6 Å². The molecule has 0 saturated carbocycles. The summed E-state index contributed by atoms with van der Waals surface area (Å²) in [5.41, 5.74) is 7.45. The third-order valence-corrected chi connectivity index (χ3v) is 6.17. The highest BCUT2D eigenvalue weighted by Gasteiger charge is 2.38. The minimum Gasteiger partial charge on any atom is -0.475 e. The Balaban J connectivity index is 0.000000572. The number of carboxylic acids is 1. The van der Waals surface area contributed by atoms with Crippen molar-refractivity contribution in [1.82, 2.24) is 9.97 Å². The van der Waals surface area contributed by atoms with Crippen molar-refractivity contribution >= 4 is 23.4 Å². The van der Waals surface area contributed by atoms with E-state index in [0.717, 1.165) is 37.0 Å². The first-order chi connectivity index (χ1) is 16.8. The first-order valence-corrected chi connectivity index (χ1v) is 12.1. The largest absolute Gasteiger partial charge is 0.490 e. The highest BCUT2D eigenvalue weighted by atomic mass is 19.4. The number of carbonyl (C=O) groups is 1. The Morgan fingerprint density at radius 2 is 1.75 bits per heavy atom. The molecule has 3 rings (SSSR count). The third-order valence-electron chi connectivity index (χ3n) is 6.17. The Labute approximate surface area is 211 Å². The van der Waals surface area contributed by atoms with Gasteiger partial charge in [0.05, 0.1) is 12.6 Å². The second kappa shape index (κ2) is 12.4. The van der Waals surface area contributed by atoms with E-state index in [2.05, 4.69) is 63.5 Å². The molecule has 1 aromatic carbocycles. The van der Waals surface area contributed by atoms with Crippen LogP contribution < -0.4 is 9.80 Å². The molecule has 0 spiro atoms. The van der Waals surface area contributed by atoms with Crippen molar-refractivity contribution in [2.45, 2.75) is 73.0 Å². The standard InChI is InChI=1S/C24H36N4O.C2HF3O2/c1-8-27(22-17(3)13-16(2)14-18(22)4)24-25-20(6)21-11-9-10-12-28(23(21)26-24)19(5)15-29-7;3-2(4,5)1(6)7/h13-14,19H,8-12,15H2,1-7H3;(H,6,7). The fourth-order valence-electron chi connectivity index (χ4n) is 4.67. The average molecular weight is 511 g/mol. The fourth-order valence-corrected chi connectivity index (χ4v) is 4.67. The molecule has 10 heteroatoms. The van der Waals surface area contributed by atoms with Crippen LogP contribution in [0.2, 0.25) is 0 Å². The van der Waals surface area contributed by atoms with Gasteiger partial charge in [0.2, 0.25) is 5.95 Å². The minimum atomic E-state index is -5.08. The molecule has 0 amide bonds. The van der Waals surface area contributed by atoms with Gasteiger partial charge in [-0.15, -0.1) is 0 Å². The van der Waals surface area contributed by atoms with Gasteiger partial charge in [0, 0.05) is 37.1 Å². The number of ether oxygens (including phenoxy) is 1. The van der Waals surface area contributed by atoms with Crippen LogP contribution in [0, 0.1) is 27.7 Å². The Morgan fingerprint density at radius 1 is 1.17 bits per heavy atom. The summed E-state index contributed by atoms with van der Waals surface area (Å²) in [5.74, 6) is -0.863. The predicted molar refractivity (Wildman–Crippen MR) is 135 cm³/mol. The maximum absolute atomic E-state index is 10.6. The van der Waals surface area contributed by atoms with Crippen molar-refractivity contribution in [2.75, 3.05) is 36.6 Å². The number of aliphatic carboxylic acids is 1. The van der Waals surface area contributed by atoms with Crippen molar-refractivity contribution in [3.8, 4) is 0 Å². The molecule has 36 heavy (non-hydrogen) atoms. The smallest absolute Gasteiger partial charge is 0.475 e. The van der Waals surface area contributed by atoms with Crippen molar-refractivity contribution in [3.63, 3.8) is 0 Å². The molecule has 2 aromatic rings. The van der Waals surface area contributed by atoms with Crippen LogP contribution in [0.4, 0.5) is 30.6 Å². The lowest BCUT2D eigenvalue weighted by atomic mass is 10.0. The van der Waals surface area contributed by atoms with Crippen LogP contribution in [0.1, 0.15) is 54.6 Å². The van der Waals surface area contributed by atoms with Gasteiger partial charge in [-0.05, 0) is 71.9 Å². The van der Waals surface area contributed by atoms with Gasteiger partial charge in [-0.1, -0.05) is 17.7 Å². The maximum Gasteiger partial charge on any atom is 0.490 e. The fraction of sp³-hybridized carbons (Fsp3) is 0.577. The van der Waals surface area contributed by atoms with Gasteiger partial charge < -0.3 is 19.6 Å². The number of methoxy groups -OCH3 is 1. The number of carboxylic acid groups (broad SMARTS) is 1. The zero-order valence-electron chi connectivity index (χ0n) is 22.2. The van der Waals surface area contributed by atoms with Crippen LogP contribution in [0.15, 0.2) is 12.1 Å². The normalized spacial score (nSPS) is 14.3. The number of halogens is 3. The van der Waals surface area contributed by atoms with Gasteiger partial charge in [0.25, 0.3) is 0 Å². The molecule has 1 unspecified atom stereocenters. The summed E-state index contributed by atoms with van der Waals surface area (Å²) < 4.78 is 37.2. The average Bonchev–Trinajstić information content (AvgIpc) is 2.99. The van der Waals surface area contributed by atoms with Crippen molar-refractivity contribution in [3.05, 3.63) is 40.1 Å². The Hall–Kier alpha value is -2.88. The molecule has 1 aliphatic rings. The molecule has 1 aromatic heterocycles. The number of rotatable bonds is 6. The number of aromatic nitrogens is 2. The molecule has 1 N–H and O–H groups in total. The highest BCUT2D eigenvalue weighted by Crippen LogP contribution is 2.34. The number of aryl methyl sites for hydroxylation is 4. The van der Waals surface area contributed by atoms with Crippen molar-refractivity contribution in [1.29, 1.82) is 0 Å². The summed E-state index contributed by atoms with van der Waals surface area (Å²) in [4.78, 5) is 23.7. The topological polar surface area (TPSA) is 78.8 Å². The van der Waals surface area contributed by atoms with E-state index in [0.29, 0.717) is 6.61 Å². The first kappa shape index (κ1) is 29.4. The summed E-state index contributed by atoms with van der Waals surface area (Å²) in [6, 6.07) is 4.78. The summed E-state index contributed by atoms with van der Waals surface area (Å²) in [5, 5.41) is 7.12. The number of hydrogen-bond acceptors (Lipinski definition) is 6. The van der Waals surface area contributed by atoms with Crippen molar-refractivity contribution in [2.24, 2.45) is 0 Å². The molecule has 0 radical (unpaired) electrons. The summed E-state index contributed by atoms with van der Waals surface area (Å²) in [7, 11) is 1.77. The van der Waals surface area contributed by atoms with Crippen LogP contribution in [0.3, 0.4) is 0 Å². The highest BCUT2D eigenvalue weighted by molar-refractivity contribution is 5.73. The van der Waals surface area contributed by atoms with Crippen LogP contribution in [-0.2, 0) is 16.0 Å². The van der Waals surface area contributed by atoms with Gasteiger partial charge in [-0.2, -0.15) is 18.2 Å². The number of anilines is 3. The molecule has 7 nitrogen and oxygen atoms in total. The molecular formula is C26H37F3N4O3. The second-order valence-corrected chi connectivity index (χ2v) is 9.16. The van der Waals surface area contributed by atoms with Crippen LogP contribution >= 0.6 is 0 Å². The monoisotopic (exact) mass is 510 g/mol. The molecule has 1 aliphatic heterocycles. The zero-order valence-corrected chi connectivity index (χ0v) is 22.2. The molecule has 0 aliphatic carbocycles. The second-order valence-electron chi connectivity index (χ2n) is 9.16. The van der Waals surface area contributed by atoms with Crippen molar-refractivity contribution < 1.29 is 27.8 Å². The van der Waals surface area contributed by atoms with Gasteiger partial charge in [0.15, 0.2) is 0 Å². The molecule has 1 atom stereocenters. The quantitative estimate of drug-likeness (QED) is 0.536. The zero-order chi connectivity index (χ0) is 27.2. The van der Waals surface area contributed by atoms with E-state index < -0.39 is 12.1 Å². The van der Waals surface area contributed by atoms with Gasteiger partial charge in [0.1, 0.15) is 5.82 Å². The lowest BCUT2D eigenvalue weighted by Crippen LogP contribution is -2.38. The third kappa shape index (κ3) is 7.09. The Bertz CT molecular complexity index is 1040. The first-order valence-electron chi connectivity index (χ1n) is 12.1. The van der Waals surface area contributed by atoms with Gasteiger partial charge in [-0.25, -0.2) is 9.78 Å². The predicted octanol–water partition coefficient (Wildman–Crippen LogP) is 5.68. The van der Waals surface area contributed by atoms with Crippen LogP contribution in [0.25, 0.3) is 0 Å². The van der Waals surface area contributed by atoms with E-state index in [1.165, 1.54) is 40.8 Å². The van der Waals surface area contributed by atoms with Crippen LogP contribution in [0.5, 0.6) is 0 Å². The summed E-state index contributed by atoms with van der Waals surface area (Å²) in [6.45, 7) is 15.6. The number of benzene rings is 1. The van der Waals surface area contributed by atoms with Crippen LogP contribution in [-0.4, -0.2) is 60.1 Å². The Kier molecular flexibility index (Phi) is 10.1. The van der Waals surface area contributed by atoms with E-state index in [1.54, 1.807) is 7.11 Å². The van der Waals surface area contributed by atoms with Gasteiger partial charge >= 0.3 is 12.1 Å². The molecule has 0 bridgehead atoms. The molecule has 200 valence electrons. The molecule has 2 heterocycles. The minimum absolute atomic E-state index is 0.289. The SMILES string of the molecule is CCN(c1nc(C)c2c(n1)N(C(C)COC)CCCC2)c1c(C)cc(C)cc1C.O=C(O)C(F)(F)F. The number of hydrogen-bond donors (Lipinski definition) is 1. The lowest BCUT2D eigenvalue weighted by Gasteiger charge is -2.32. The number of fused-ring (bicyclic) bond motifs is 1. The molecule has 0 fully saturated rings. The summed E-state index contributed by atoms with van der Waals surface area (Å²) >= 11 is 0. The van der Waals surface area contributed by atoms with E-state index >= 15 is 0 Å². The van der Waals surface area contributed by atoms with E-state index in [9.17, 15) is 13.2 Å². The van der Waals surface area contributed by atoms with E-state index in [-0.39, 0.29) is 6.04 Å². The van der Waals surface area contributed by atoms with Gasteiger partial charge in [-0.3, -0.25) is 0 Å². The number of alkyl halides is 3. The molecule has 0 saturated heterocycles. The van der Waals surface area contributed by atoms with E-state index in [1.807, 2.05) is 0 Å². The maximum atomic E-state index is 10.6. The summed E-state index contributed by atoms with van der Waals surface area (Å²) in [6.07, 6.45) is -1.68.